The summed E-state index contributed by atoms with van der Waals surface area (Å²) in [5.74, 6) is -0.281. The van der Waals surface area contributed by atoms with Gasteiger partial charge in [-0.1, -0.05) is 24.3 Å². The second-order valence-corrected chi connectivity index (χ2v) is 3.00. The highest BCUT2D eigenvalue weighted by Crippen LogP contribution is 2.04. The lowest BCUT2D eigenvalue weighted by Crippen LogP contribution is -2.12. The van der Waals surface area contributed by atoms with Crippen LogP contribution in [0.5, 0.6) is 0 Å². The maximum absolute atomic E-state index is 11.5. The maximum Gasteiger partial charge on any atom is 0.338 e. The molecule has 0 aromatic heterocycles. The first kappa shape index (κ1) is 10.5. The lowest BCUT2D eigenvalue weighted by molar-refractivity contribution is 0.0424. The molecule has 1 aromatic carbocycles. The van der Waals surface area contributed by atoms with Crippen molar-refractivity contribution in [3.05, 3.63) is 48.0 Å². The van der Waals surface area contributed by atoms with E-state index in [1.54, 1.807) is 12.1 Å². The third-order valence-electron chi connectivity index (χ3n) is 1.77. The minimum atomic E-state index is -0.281. The molecule has 0 spiro atoms. The van der Waals surface area contributed by atoms with Crippen LogP contribution in [-0.2, 0) is 4.74 Å². The second-order valence-electron chi connectivity index (χ2n) is 3.00. The molecule has 2 heteroatoms. The van der Waals surface area contributed by atoms with E-state index in [4.69, 9.17) is 4.74 Å². The van der Waals surface area contributed by atoms with Crippen molar-refractivity contribution in [2.45, 2.75) is 20.0 Å². The van der Waals surface area contributed by atoms with Crippen molar-refractivity contribution in [1.82, 2.24) is 0 Å². The van der Waals surface area contributed by atoms with Gasteiger partial charge in [0.1, 0.15) is 6.10 Å². The van der Waals surface area contributed by atoms with Gasteiger partial charge in [0.2, 0.25) is 0 Å². The number of benzene rings is 1. The first-order chi connectivity index (χ1) is 6.74. The monoisotopic (exact) mass is 190 g/mol. The van der Waals surface area contributed by atoms with Gasteiger partial charge in [-0.15, -0.1) is 0 Å². The van der Waals surface area contributed by atoms with Gasteiger partial charge in [-0.25, -0.2) is 4.79 Å². The van der Waals surface area contributed by atoms with E-state index < -0.39 is 0 Å². The molecule has 0 bridgehead atoms. The smallest absolute Gasteiger partial charge is 0.338 e. The summed E-state index contributed by atoms with van der Waals surface area (Å²) in [4.78, 5) is 11.5. The lowest BCUT2D eigenvalue weighted by Gasteiger charge is -2.08. The molecule has 0 heterocycles. The van der Waals surface area contributed by atoms with Gasteiger partial charge in [0, 0.05) is 0 Å². The zero-order valence-corrected chi connectivity index (χ0v) is 8.44. The Bertz CT molecular complexity index is 314. The van der Waals surface area contributed by atoms with Crippen LogP contribution in [0.25, 0.3) is 0 Å². The number of ether oxygens (including phenoxy) is 1. The van der Waals surface area contributed by atoms with Crippen LogP contribution in [0.15, 0.2) is 42.5 Å². The standard InChI is InChI=1S/C12H14O2/c1-3-7-10(2)14-12(13)11-8-5-4-6-9-11/h3-10H,1-2H3/b7-3+. The van der Waals surface area contributed by atoms with Crippen molar-refractivity contribution in [2.75, 3.05) is 0 Å². The second kappa shape index (κ2) is 5.22. The van der Waals surface area contributed by atoms with Gasteiger partial charge in [0.15, 0.2) is 0 Å². The summed E-state index contributed by atoms with van der Waals surface area (Å²) in [6.07, 6.45) is 3.52. The molecule has 1 rings (SSSR count). The van der Waals surface area contributed by atoms with Crippen LogP contribution in [0.2, 0.25) is 0 Å². The summed E-state index contributed by atoms with van der Waals surface area (Å²) < 4.78 is 5.15. The lowest BCUT2D eigenvalue weighted by atomic mass is 10.2. The molecule has 0 amide bonds. The molecule has 0 aliphatic heterocycles. The summed E-state index contributed by atoms with van der Waals surface area (Å²) in [5.41, 5.74) is 0.587. The van der Waals surface area contributed by atoms with Crippen molar-refractivity contribution in [3.63, 3.8) is 0 Å². The molecule has 0 aliphatic carbocycles. The van der Waals surface area contributed by atoms with E-state index in [0.29, 0.717) is 5.56 Å². The Hall–Kier alpha value is -1.57. The highest BCUT2D eigenvalue weighted by molar-refractivity contribution is 5.89. The Morgan fingerprint density at radius 3 is 2.57 bits per heavy atom. The molecule has 14 heavy (non-hydrogen) atoms. The Labute approximate surface area is 84.2 Å². The van der Waals surface area contributed by atoms with Crippen LogP contribution in [0.4, 0.5) is 0 Å². The van der Waals surface area contributed by atoms with Crippen LogP contribution in [0.3, 0.4) is 0 Å². The molecular formula is C12H14O2. The predicted octanol–water partition coefficient (Wildman–Crippen LogP) is 2.81. The minimum Gasteiger partial charge on any atom is -0.455 e. The fraction of sp³-hybridized carbons (Fsp3) is 0.250. The first-order valence-electron chi connectivity index (χ1n) is 4.63. The zero-order valence-electron chi connectivity index (χ0n) is 8.44. The summed E-state index contributed by atoms with van der Waals surface area (Å²) in [6, 6.07) is 8.98. The van der Waals surface area contributed by atoms with Crippen LogP contribution < -0.4 is 0 Å². The molecule has 74 valence electrons. The number of hydrogen-bond donors (Lipinski definition) is 0. The Morgan fingerprint density at radius 2 is 2.00 bits per heavy atom. The normalized spacial score (nSPS) is 12.7. The fourth-order valence-electron chi connectivity index (χ4n) is 1.12. The van der Waals surface area contributed by atoms with Gasteiger partial charge in [-0.3, -0.25) is 0 Å². The highest BCUT2D eigenvalue weighted by atomic mass is 16.5. The van der Waals surface area contributed by atoms with E-state index in [-0.39, 0.29) is 12.1 Å². The van der Waals surface area contributed by atoms with Gasteiger partial charge in [-0.2, -0.15) is 0 Å². The summed E-state index contributed by atoms with van der Waals surface area (Å²) in [5, 5.41) is 0. The maximum atomic E-state index is 11.5. The van der Waals surface area contributed by atoms with Crippen LogP contribution >= 0.6 is 0 Å². The zero-order chi connectivity index (χ0) is 10.4. The largest absolute Gasteiger partial charge is 0.455 e. The first-order valence-corrected chi connectivity index (χ1v) is 4.63. The van der Waals surface area contributed by atoms with Gasteiger partial charge in [-0.05, 0) is 32.1 Å². The van der Waals surface area contributed by atoms with E-state index >= 15 is 0 Å². The van der Waals surface area contributed by atoms with E-state index in [0.717, 1.165) is 0 Å². The van der Waals surface area contributed by atoms with Gasteiger partial charge < -0.3 is 4.74 Å². The molecule has 1 aromatic rings. The van der Waals surface area contributed by atoms with E-state index in [2.05, 4.69) is 0 Å². The average molecular weight is 190 g/mol. The summed E-state index contributed by atoms with van der Waals surface area (Å²) in [7, 11) is 0. The summed E-state index contributed by atoms with van der Waals surface area (Å²) in [6.45, 7) is 3.73. The Morgan fingerprint density at radius 1 is 1.36 bits per heavy atom. The molecule has 0 saturated carbocycles. The third kappa shape index (κ3) is 3.05. The topological polar surface area (TPSA) is 26.3 Å². The van der Waals surface area contributed by atoms with Gasteiger partial charge in [0.25, 0.3) is 0 Å². The van der Waals surface area contributed by atoms with Crippen molar-refractivity contribution in [2.24, 2.45) is 0 Å². The van der Waals surface area contributed by atoms with Crippen molar-refractivity contribution in [1.29, 1.82) is 0 Å². The molecule has 0 radical (unpaired) electrons. The SMILES string of the molecule is C/C=C/C(C)OC(=O)c1ccccc1. The Balaban J connectivity index is 2.59. The van der Waals surface area contributed by atoms with Crippen LogP contribution in [-0.4, -0.2) is 12.1 Å². The predicted molar refractivity (Wildman–Crippen MR) is 56.1 cm³/mol. The fourth-order valence-corrected chi connectivity index (χ4v) is 1.12. The minimum absolute atomic E-state index is 0.173. The van der Waals surface area contributed by atoms with E-state index in [1.165, 1.54) is 0 Å². The van der Waals surface area contributed by atoms with E-state index in [1.807, 2.05) is 44.2 Å². The molecule has 1 unspecified atom stereocenters. The van der Waals surface area contributed by atoms with Crippen LogP contribution in [0, 0.1) is 0 Å². The third-order valence-corrected chi connectivity index (χ3v) is 1.77. The van der Waals surface area contributed by atoms with Gasteiger partial charge >= 0.3 is 5.97 Å². The van der Waals surface area contributed by atoms with Gasteiger partial charge in [0.05, 0.1) is 5.56 Å². The van der Waals surface area contributed by atoms with E-state index in [9.17, 15) is 4.79 Å². The van der Waals surface area contributed by atoms with Crippen molar-refractivity contribution >= 4 is 5.97 Å². The molecule has 0 saturated heterocycles. The highest BCUT2D eigenvalue weighted by Gasteiger charge is 2.08. The number of allylic oxidation sites excluding steroid dienone is 1. The molecule has 2 nitrogen and oxygen atoms in total. The number of rotatable bonds is 3. The number of hydrogen-bond acceptors (Lipinski definition) is 2. The Kier molecular flexibility index (Phi) is 3.92. The summed E-state index contributed by atoms with van der Waals surface area (Å²) >= 11 is 0. The number of carbonyl (C=O) groups is 1. The molecule has 0 aliphatic rings. The van der Waals surface area contributed by atoms with Crippen molar-refractivity contribution < 1.29 is 9.53 Å². The molecule has 1 atom stereocenters. The number of carbonyl (C=O) groups excluding carboxylic acids is 1. The molecule has 0 fully saturated rings. The quantitative estimate of drug-likeness (QED) is 0.541. The molecule has 0 N–H and O–H groups in total. The average Bonchev–Trinajstić information content (AvgIpc) is 2.19. The number of esters is 1. The molecular weight excluding hydrogens is 176 g/mol. The van der Waals surface area contributed by atoms with Crippen molar-refractivity contribution in [3.8, 4) is 0 Å². The van der Waals surface area contributed by atoms with Crippen LogP contribution in [0.1, 0.15) is 24.2 Å².